The van der Waals surface area contributed by atoms with Crippen molar-refractivity contribution < 1.29 is 4.79 Å². The summed E-state index contributed by atoms with van der Waals surface area (Å²) in [4.78, 5) is 23.2. The molecule has 1 aromatic carbocycles. The number of rotatable bonds is 5. The molecule has 1 unspecified atom stereocenters. The molecule has 2 N–H and O–H groups in total. The molecule has 6 heteroatoms. The number of amides is 1. The highest BCUT2D eigenvalue weighted by Gasteiger charge is 2.18. The molecule has 1 aromatic heterocycles. The van der Waals surface area contributed by atoms with Crippen molar-refractivity contribution in [3.63, 3.8) is 0 Å². The maximum atomic E-state index is 12.6. The third-order valence-electron chi connectivity index (χ3n) is 3.37. The maximum absolute atomic E-state index is 12.6. The summed E-state index contributed by atoms with van der Waals surface area (Å²) in [7, 11) is 0. The average molecular weight is 302 g/mol. The average Bonchev–Trinajstić information content (AvgIpc) is 2.51. The summed E-state index contributed by atoms with van der Waals surface area (Å²) in [5.74, 6) is -0.0581. The van der Waals surface area contributed by atoms with Gasteiger partial charge in [-0.2, -0.15) is 0 Å². The van der Waals surface area contributed by atoms with Gasteiger partial charge >= 0.3 is 0 Å². The van der Waals surface area contributed by atoms with Gasteiger partial charge < -0.3 is 10.6 Å². The molecule has 21 heavy (non-hydrogen) atoms. The number of carbonyl (C=O) groups is 1. The van der Waals surface area contributed by atoms with Gasteiger partial charge in [-0.05, 0) is 25.1 Å². The molecule has 1 amide bonds. The molecule has 0 aliphatic carbocycles. The Morgan fingerprint density at radius 1 is 1.33 bits per heavy atom. The van der Waals surface area contributed by atoms with Gasteiger partial charge in [0.25, 0.3) is 5.91 Å². The third-order valence-corrected chi connectivity index (χ3v) is 3.77. The van der Waals surface area contributed by atoms with Crippen LogP contribution in [0.3, 0.4) is 0 Å². The topological polar surface area (TPSA) is 72.1 Å². The van der Waals surface area contributed by atoms with Crippen LogP contribution in [0.25, 0.3) is 11.0 Å². The van der Waals surface area contributed by atoms with E-state index < -0.39 is 0 Å². The van der Waals surface area contributed by atoms with Crippen molar-refractivity contribution in [2.45, 2.75) is 13.8 Å². The number of fused-ring (bicyclic) bond motifs is 1. The highest BCUT2D eigenvalue weighted by atomic mass is 32.1. The second-order valence-electron chi connectivity index (χ2n) is 4.91. The maximum Gasteiger partial charge on any atom is 0.253 e. The molecule has 0 aliphatic heterocycles. The second-order valence-corrected chi connectivity index (χ2v) is 5.38. The Kier molecular flexibility index (Phi) is 4.80. The zero-order chi connectivity index (χ0) is 15.4. The minimum atomic E-state index is -0.0480. The van der Waals surface area contributed by atoms with Gasteiger partial charge in [0.2, 0.25) is 0 Å². The van der Waals surface area contributed by atoms with Crippen LogP contribution < -0.4 is 5.73 Å². The Balaban J connectivity index is 2.24. The summed E-state index contributed by atoms with van der Waals surface area (Å²) in [5.41, 5.74) is 7.71. The van der Waals surface area contributed by atoms with E-state index in [1.54, 1.807) is 35.5 Å². The lowest BCUT2D eigenvalue weighted by molar-refractivity contribution is 0.0755. The molecular formula is C15H18N4OS. The fourth-order valence-electron chi connectivity index (χ4n) is 2.06. The Bertz CT molecular complexity index is 674. The van der Waals surface area contributed by atoms with E-state index in [-0.39, 0.29) is 11.8 Å². The zero-order valence-corrected chi connectivity index (χ0v) is 12.9. The molecule has 2 aromatic rings. The molecule has 2 rings (SSSR count). The van der Waals surface area contributed by atoms with Gasteiger partial charge in [-0.3, -0.25) is 14.8 Å². The number of nitrogens with two attached hydrogens (primary N) is 1. The number of nitrogens with zero attached hydrogens (tertiary/aromatic N) is 3. The van der Waals surface area contributed by atoms with Crippen LogP contribution in [0.15, 0.2) is 30.6 Å². The largest absolute Gasteiger partial charge is 0.393 e. The van der Waals surface area contributed by atoms with E-state index in [9.17, 15) is 4.79 Å². The summed E-state index contributed by atoms with van der Waals surface area (Å²) >= 11 is 4.97. The quantitative estimate of drug-likeness (QED) is 0.855. The van der Waals surface area contributed by atoms with Crippen molar-refractivity contribution in [3.8, 4) is 0 Å². The first-order valence-corrected chi connectivity index (χ1v) is 7.23. The van der Waals surface area contributed by atoms with Crippen molar-refractivity contribution in [2.75, 3.05) is 13.1 Å². The van der Waals surface area contributed by atoms with E-state index >= 15 is 0 Å². The number of benzene rings is 1. The van der Waals surface area contributed by atoms with Gasteiger partial charge in [0.05, 0.1) is 16.0 Å². The summed E-state index contributed by atoms with van der Waals surface area (Å²) in [6.45, 7) is 4.97. The second kappa shape index (κ2) is 6.58. The Morgan fingerprint density at radius 2 is 2.00 bits per heavy atom. The molecule has 0 spiro atoms. The predicted octanol–water partition coefficient (Wildman–Crippen LogP) is 2.01. The van der Waals surface area contributed by atoms with Gasteiger partial charge in [0.15, 0.2) is 0 Å². The summed E-state index contributed by atoms with van der Waals surface area (Å²) in [6.07, 6.45) is 3.25. The van der Waals surface area contributed by atoms with Gasteiger partial charge in [-0.15, -0.1) is 0 Å². The lowest BCUT2D eigenvalue weighted by atomic mass is 10.1. The van der Waals surface area contributed by atoms with Crippen LogP contribution in [-0.2, 0) is 0 Å². The number of thiocarbonyl (C=S) groups is 1. The first-order chi connectivity index (χ1) is 10.0. The summed E-state index contributed by atoms with van der Waals surface area (Å²) in [6, 6.07) is 5.34. The normalized spacial score (nSPS) is 12.1. The lowest BCUT2D eigenvalue weighted by Gasteiger charge is -2.24. The smallest absolute Gasteiger partial charge is 0.253 e. The summed E-state index contributed by atoms with van der Waals surface area (Å²) in [5, 5.41) is 0. The molecule has 1 atom stereocenters. The van der Waals surface area contributed by atoms with Crippen molar-refractivity contribution >= 4 is 34.1 Å². The van der Waals surface area contributed by atoms with Gasteiger partial charge in [-0.1, -0.05) is 19.1 Å². The number of carbonyl (C=O) groups excluding carboxylic acids is 1. The molecule has 0 saturated heterocycles. The van der Waals surface area contributed by atoms with Crippen LogP contribution in [0.5, 0.6) is 0 Å². The standard InChI is InChI=1S/C15H18N4OS/c1-3-19(9-10(2)14(16)21)15(20)11-4-5-12-13(8-11)18-7-6-17-12/h4-8,10H,3,9H2,1-2H3,(H2,16,21). The van der Waals surface area contributed by atoms with Gasteiger partial charge in [-0.25, -0.2) is 0 Å². The van der Waals surface area contributed by atoms with Crippen LogP contribution in [-0.4, -0.2) is 38.9 Å². The molecule has 0 bridgehead atoms. The van der Waals surface area contributed by atoms with Crippen LogP contribution in [0, 0.1) is 5.92 Å². The number of hydrogen-bond donors (Lipinski definition) is 1. The number of hydrogen-bond acceptors (Lipinski definition) is 4. The van der Waals surface area contributed by atoms with Gasteiger partial charge in [0, 0.05) is 37.0 Å². The Morgan fingerprint density at radius 3 is 2.62 bits per heavy atom. The van der Waals surface area contributed by atoms with Crippen LogP contribution in [0.1, 0.15) is 24.2 Å². The van der Waals surface area contributed by atoms with E-state index in [4.69, 9.17) is 18.0 Å². The molecular weight excluding hydrogens is 284 g/mol. The van der Waals surface area contributed by atoms with E-state index in [1.165, 1.54) is 0 Å². The minimum Gasteiger partial charge on any atom is -0.393 e. The van der Waals surface area contributed by atoms with E-state index in [0.717, 1.165) is 5.52 Å². The molecule has 5 nitrogen and oxygen atoms in total. The zero-order valence-electron chi connectivity index (χ0n) is 12.1. The van der Waals surface area contributed by atoms with Crippen molar-refractivity contribution in [1.82, 2.24) is 14.9 Å². The molecule has 0 saturated carbocycles. The SMILES string of the molecule is CCN(CC(C)C(N)=S)C(=O)c1ccc2nccnc2c1. The highest BCUT2D eigenvalue weighted by molar-refractivity contribution is 7.80. The van der Waals surface area contributed by atoms with E-state index in [1.807, 2.05) is 13.8 Å². The highest BCUT2D eigenvalue weighted by Crippen LogP contribution is 2.14. The fourth-order valence-corrected chi connectivity index (χ4v) is 2.13. The lowest BCUT2D eigenvalue weighted by Crippen LogP contribution is -2.38. The fraction of sp³-hybridized carbons (Fsp3) is 0.333. The molecule has 110 valence electrons. The molecule has 0 aliphatic rings. The van der Waals surface area contributed by atoms with Crippen molar-refractivity contribution in [3.05, 3.63) is 36.2 Å². The molecule has 0 radical (unpaired) electrons. The summed E-state index contributed by atoms with van der Waals surface area (Å²) < 4.78 is 0. The van der Waals surface area contributed by atoms with Crippen LogP contribution in [0.4, 0.5) is 0 Å². The van der Waals surface area contributed by atoms with Gasteiger partial charge in [0.1, 0.15) is 0 Å². The molecule has 0 fully saturated rings. The third kappa shape index (κ3) is 3.52. The van der Waals surface area contributed by atoms with Crippen LogP contribution in [0.2, 0.25) is 0 Å². The first-order valence-electron chi connectivity index (χ1n) is 6.82. The monoisotopic (exact) mass is 302 g/mol. The van der Waals surface area contributed by atoms with Crippen LogP contribution >= 0.6 is 12.2 Å². The van der Waals surface area contributed by atoms with E-state index in [0.29, 0.717) is 29.2 Å². The predicted molar refractivity (Wildman–Crippen MR) is 87.1 cm³/mol. The van der Waals surface area contributed by atoms with Crippen molar-refractivity contribution in [2.24, 2.45) is 11.7 Å². The molecule has 1 heterocycles. The Hall–Kier alpha value is -2.08. The Labute approximate surface area is 129 Å². The minimum absolute atomic E-state index is 0.0100. The van der Waals surface area contributed by atoms with E-state index in [2.05, 4.69) is 9.97 Å². The number of aromatic nitrogens is 2. The van der Waals surface area contributed by atoms with Crippen molar-refractivity contribution in [1.29, 1.82) is 0 Å². The first kappa shape index (κ1) is 15.3.